The second kappa shape index (κ2) is 8.79. The number of aromatic nitrogens is 2. The van der Waals surface area contributed by atoms with E-state index in [4.69, 9.17) is 4.74 Å². The Bertz CT molecular complexity index is 1060. The molecule has 0 aliphatic carbocycles. The van der Waals surface area contributed by atoms with Crippen molar-refractivity contribution in [2.24, 2.45) is 0 Å². The molecule has 1 aromatic heterocycles. The lowest BCUT2D eigenvalue weighted by molar-refractivity contribution is 0.0702. The summed E-state index contributed by atoms with van der Waals surface area (Å²) in [5, 5.41) is 4.52. The van der Waals surface area contributed by atoms with E-state index in [0.717, 1.165) is 42.9 Å². The number of hydrogen-bond acceptors (Lipinski definition) is 4. The van der Waals surface area contributed by atoms with Gasteiger partial charge in [0.1, 0.15) is 17.3 Å². The highest BCUT2D eigenvalue weighted by atomic mass is 19.1. The van der Waals surface area contributed by atoms with Crippen LogP contribution in [0.25, 0.3) is 5.69 Å². The Hall–Kier alpha value is -3.35. The first kappa shape index (κ1) is 20.9. The van der Waals surface area contributed by atoms with Gasteiger partial charge in [-0.05, 0) is 67.8 Å². The molecule has 0 atom stereocenters. The Balaban J connectivity index is 1.42. The first-order valence-electron chi connectivity index (χ1n) is 10.4. The van der Waals surface area contributed by atoms with Gasteiger partial charge in [-0.1, -0.05) is 6.07 Å². The van der Waals surface area contributed by atoms with Crippen LogP contribution in [0, 0.1) is 12.7 Å². The topological polar surface area (TPSA) is 50.6 Å². The van der Waals surface area contributed by atoms with E-state index in [1.165, 1.54) is 12.1 Å². The molecule has 1 amide bonds. The zero-order chi connectivity index (χ0) is 22.0. The molecule has 0 unspecified atom stereocenters. The molecule has 2 aromatic carbocycles. The van der Waals surface area contributed by atoms with Crippen LogP contribution in [0.3, 0.4) is 0 Å². The number of hydrogen-bond donors (Lipinski definition) is 0. The van der Waals surface area contributed by atoms with Gasteiger partial charge in [0.15, 0.2) is 5.69 Å². The summed E-state index contributed by atoms with van der Waals surface area (Å²) in [6, 6.07) is 14.3. The summed E-state index contributed by atoms with van der Waals surface area (Å²) in [6.45, 7) is 3.65. The van der Waals surface area contributed by atoms with Crippen molar-refractivity contribution in [1.29, 1.82) is 0 Å². The maximum atomic E-state index is 13.2. The third-order valence-corrected chi connectivity index (χ3v) is 5.91. The summed E-state index contributed by atoms with van der Waals surface area (Å²) in [4.78, 5) is 17.1. The number of amides is 1. The summed E-state index contributed by atoms with van der Waals surface area (Å²) >= 11 is 0. The lowest BCUT2D eigenvalue weighted by Crippen LogP contribution is -2.45. The quantitative estimate of drug-likeness (QED) is 0.622. The number of nitrogens with zero attached hydrogens (tertiary/aromatic N) is 4. The highest BCUT2D eigenvalue weighted by Crippen LogP contribution is 2.25. The highest BCUT2D eigenvalue weighted by Gasteiger charge is 2.27. The van der Waals surface area contributed by atoms with Crippen LogP contribution in [0.2, 0.25) is 0 Å². The van der Waals surface area contributed by atoms with Crippen molar-refractivity contribution in [1.82, 2.24) is 14.7 Å². The van der Waals surface area contributed by atoms with Crippen LogP contribution in [0.5, 0.6) is 5.75 Å². The maximum Gasteiger partial charge on any atom is 0.274 e. The molecule has 6 nitrogen and oxygen atoms in total. The number of aryl methyl sites for hydroxylation is 1. The van der Waals surface area contributed by atoms with E-state index in [2.05, 4.69) is 10.00 Å². The van der Waals surface area contributed by atoms with Crippen LogP contribution < -0.4 is 9.64 Å². The average molecular weight is 423 g/mol. The number of benzene rings is 2. The number of carbonyl (C=O) groups is 1. The smallest absolute Gasteiger partial charge is 0.274 e. The molecule has 0 spiro atoms. The molecule has 7 heteroatoms. The SMILES string of the molecule is COc1ccc(C)cc1-n1ccc(C(=O)N(C)C2CCN(c3ccc(F)cc3)CC2)n1. The molecular weight excluding hydrogens is 395 g/mol. The molecule has 1 aliphatic heterocycles. The number of halogens is 1. The largest absolute Gasteiger partial charge is 0.494 e. The van der Waals surface area contributed by atoms with Gasteiger partial charge in [-0.2, -0.15) is 5.10 Å². The number of methoxy groups -OCH3 is 1. The molecule has 2 heterocycles. The van der Waals surface area contributed by atoms with E-state index in [1.807, 2.05) is 32.2 Å². The molecule has 1 aliphatic rings. The fraction of sp³-hybridized carbons (Fsp3) is 0.333. The Morgan fingerprint density at radius 1 is 1.13 bits per heavy atom. The summed E-state index contributed by atoms with van der Waals surface area (Å²) in [5.74, 6) is 0.381. The molecule has 3 aromatic rings. The molecule has 0 bridgehead atoms. The van der Waals surface area contributed by atoms with E-state index >= 15 is 0 Å². The highest BCUT2D eigenvalue weighted by molar-refractivity contribution is 5.92. The van der Waals surface area contributed by atoms with E-state index in [1.54, 1.807) is 41.1 Å². The minimum absolute atomic E-state index is 0.0920. The van der Waals surface area contributed by atoms with Crippen molar-refractivity contribution in [2.45, 2.75) is 25.8 Å². The zero-order valence-corrected chi connectivity index (χ0v) is 18.1. The maximum absolute atomic E-state index is 13.2. The van der Waals surface area contributed by atoms with Gasteiger partial charge >= 0.3 is 0 Å². The van der Waals surface area contributed by atoms with Gasteiger partial charge in [-0.25, -0.2) is 9.07 Å². The van der Waals surface area contributed by atoms with Crippen LogP contribution in [-0.2, 0) is 0 Å². The average Bonchev–Trinajstić information content (AvgIpc) is 3.29. The monoisotopic (exact) mass is 422 g/mol. The van der Waals surface area contributed by atoms with E-state index in [9.17, 15) is 9.18 Å². The van der Waals surface area contributed by atoms with Gasteiger partial charge in [0.2, 0.25) is 0 Å². The fourth-order valence-electron chi connectivity index (χ4n) is 4.06. The van der Waals surface area contributed by atoms with Crippen LogP contribution in [-0.4, -0.2) is 53.9 Å². The van der Waals surface area contributed by atoms with Crippen molar-refractivity contribution in [3.63, 3.8) is 0 Å². The predicted molar refractivity (Wildman–Crippen MR) is 119 cm³/mol. The molecule has 0 saturated carbocycles. The molecule has 0 N–H and O–H groups in total. The van der Waals surface area contributed by atoms with Crippen molar-refractivity contribution < 1.29 is 13.9 Å². The Morgan fingerprint density at radius 2 is 1.84 bits per heavy atom. The number of rotatable bonds is 5. The van der Waals surface area contributed by atoms with Gasteiger partial charge in [0.05, 0.1) is 7.11 Å². The van der Waals surface area contributed by atoms with E-state index in [0.29, 0.717) is 11.4 Å². The molecule has 162 valence electrons. The van der Waals surface area contributed by atoms with Gasteiger partial charge in [-0.3, -0.25) is 4.79 Å². The molecular formula is C24H27FN4O2. The summed E-state index contributed by atoms with van der Waals surface area (Å²) < 4.78 is 20.3. The first-order chi connectivity index (χ1) is 15.0. The van der Waals surface area contributed by atoms with Crippen molar-refractivity contribution in [3.05, 3.63) is 71.8 Å². The van der Waals surface area contributed by atoms with Gasteiger partial charge < -0.3 is 14.5 Å². The van der Waals surface area contributed by atoms with E-state index < -0.39 is 0 Å². The number of ether oxygens (including phenoxy) is 1. The van der Waals surface area contributed by atoms with Crippen LogP contribution in [0.15, 0.2) is 54.7 Å². The standard InChI is InChI=1S/C24H27FN4O2/c1-17-4-9-23(31-3)22(16-17)29-15-12-21(26-29)24(30)27(2)19-10-13-28(14-11-19)20-7-5-18(25)6-8-20/h4-9,12,15-16,19H,10-11,13-14H2,1-3H3. The molecule has 4 rings (SSSR count). The Kier molecular flexibility index (Phi) is 5.93. The summed E-state index contributed by atoms with van der Waals surface area (Å²) in [6.07, 6.45) is 3.49. The third-order valence-electron chi connectivity index (χ3n) is 5.91. The summed E-state index contributed by atoms with van der Waals surface area (Å²) in [7, 11) is 3.46. The lowest BCUT2D eigenvalue weighted by atomic mass is 10.0. The minimum atomic E-state index is -0.230. The van der Waals surface area contributed by atoms with Gasteiger partial charge in [-0.15, -0.1) is 0 Å². The van der Waals surface area contributed by atoms with Gasteiger partial charge in [0, 0.05) is 38.1 Å². The second-order valence-corrected chi connectivity index (χ2v) is 7.93. The number of piperidine rings is 1. The predicted octanol–water partition coefficient (Wildman–Crippen LogP) is 4.07. The lowest BCUT2D eigenvalue weighted by Gasteiger charge is -2.37. The normalized spacial score (nSPS) is 14.5. The number of carbonyl (C=O) groups excluding carboxylic acids is 1. The van der Waals surface area contributed by atoms with Crippen molar-refractivity contribution >= 4 is 11.6 Å². The number of anilines is 1. The van der Waals surface area contributed by atoms with Crippen LogP contribution in [0.4, 0.5) is 10.1 Å². The molecule has 31 heavy (non-hydrogen) atoms. The van der Waals surface area contributed by atoms with Crippen molar-refractivity contribution in [2.75, 3.05) is 32.1 Å². The fourth-order valence-corrected chi connectivity index (χ4v) is 4.06. The van der Waals surface area contributed by atoms with E-state index in [-0.39, 0.29) is 17.8 Å². The molecule has 1 fully saturated rings. The zero-order valence-electron chi connectivity index (χ0n) is 18.1. The Labute approximate surface area is 181 Å². The van der Waals surface area contributed by atoms with Crippen LogP contribution in [0.1, 0.15) is 28.9 Å². The van der Waals surface area contributed by atoms with Crippen LogP contribution >= 0.6 is 0 Å². The first-order valence-corrected chi connectivity index (χ1v) is 10.4. The third kappa shape index (κ3) is 4.40. The van der Waals surface area contributed by atoms with Gasteiger partial charge in [0.25, 0.3) is 5.91 Å². The minimum Gasteiger partial charge on any atom is -0.494 e. The van der Waals surface area contributed by atoms with Crippen molar-refractivity contribution in [3.8, 4) is 11.4 Å². The molecule has 0 radical (unpaired) electrons. The summed E-state index contributed by atoms with van der Waals surface area (Å²) in [5.41, 5.74) is 3.31. The second-order valence-electron chi connectivity index (χ2n) is 7.93. The molecule has 1 saturated heterocycles. The Morgan fingerprint density at radius 3 is 2.52 bits per heavy atom.